The number of hydrogen-bond donors (Lipinski definition) is 0. The van der Waals surface area contributed by atoms with E-state index in [-0.39, 0.29) is 6.61 Å². The lowest BCUT2D eigenvalue weighted by atomic mass is 10.1. The fourth-order valence-corrected chi connectivity index (χ4v) is 2.88. The first kappa shape index (κ1) is 20.9. The van der Waals surface area contributed by atoms with Crippen LogP contribution in [-0.2, 0) is 28.7 Å². The summed E-state index contributed by atoms with van der Waals surface area (Å²) in [5.41, 5.74) is 2.68. The van der Waals surface area contributed by atoms with Crippen LogP contribution in [0, 0.1) is 6.92 Å². The molecule has 1 heterocycles. The van der Waals surface area contributed by atoms with Gasteiger partial charge in [-0.2, -0.15) is 0 Å². The van der Waals surface area contributed by atoms with Crippen LogP contribution in [0.2, 0.25) is 0 Å². The molecule has 0 radical (unpaired) electrons. The highest BCUT2D eigenvalue weighted by Gasteiger charge is 2.13. The van der Waals surface area contributed by atoms with Gasteiger partial charge in [0.1, 0.15) is 5.69 Å². The molecule has 1 aromatic heterocycles. The second-order valence-corrected chi connectivity index (χ2v) is 7.05. The SMILES string of the molecule is CCN(CCCOS(=O)(=O)[O-])c1ccc(N=Nc2n(C)cn[n+]2C)c(C)c1. The maximum Gasteiger partial charge on any atom is 0.441 e. The quantitative estimate of drug-likeness (QED) is 0.209. The average Bonchev–Trinajstić information content (AvgIpc) is 2.91. The summed E-state index contributed by atoms with van der Waals surface area (Å²) in [5, 5.41) is 12.7. The van der Waals surface area contributed by atoms with Gasteiger partial charge in [0.05, 0.1) is 20.7 Å². The van der Waals surface area contributed by atoms with E-state index in [4.69, 9.17) is 0 Å². The van der Waals surface area contributed by atoms with Crippen molar-refractivity contribution in [3.8, 4) is 0 Å². The maximum absolute atomic E-state index is 10.5. The smallest absolute Gasteiger partial charge is 0.441 e. The average molecular weight is 396 g/mol. The molecule has 0 unspecified atom stereocenters. The highest BCUT2D eigenvalue weighted by atomic mass is 32.3. The van der Waals surface area contributed by atoms with E-state index in [1.807, 2.05) is 39.1 Å². The van der Waals surface area contributed by atoms with Crippen LogP contribution in [0.25, 0.3) is 0 Å². The predicted molar refractivity (Wildman–Crippen MR) is 97.9 cm³/mol. The van der Waals surface area contributed by atoms with Gasteiger partial charge in [-0.3, -0.25) is 4.18 Å². The number of benzene rings is 1. The molecule has 148 valence electrons. The van der Waals surface area contributed by atoms with Crippen LogP contribution in [0.3, 0.4) is 0 Å². The molecular formula is C16H24N6O4S. The van der Waals surface area contributed by atoms with Crippen molar-refractivity contribution in [1.82, 2.24) is 9.67 Å². The summed E-state index contributed by atoms with van der Waals surface area (Å²) in [7, 11) is -0.994. The lowest BCUT2D eigenvalue weighted by Gasteiger charge is -2.23. The van der Waals surface area contributed by atoms with Crippen LogP contribution in [0.4, 0.5) is 17.3 Å². The number of azo groups is 1. The fourth-order valence-electron chi connectivity index (χ4n) is 2.56. The van der Waals surface area contributed by atoms with Crippen molar-refractivity contribution in [1.29, 1.82) is 0 Å². The third-order valence-electron chi connectivity index (χ3n) is 3.98. The molecule has 2 rings (SSSR count). The highest BCUT2D eigenvalue weighted by Crippen LogP contribution is 2.26. The molecule has 0 aliphatic carbocycles. The molecule has 0 saturated heterocycles. The summed E-state index contributed by atoms with van der Waals surface area (Å²) in [4.78, 5) is 2.07. The summed E-state index contributed by atoms with van der Waals surface area (Å²) >= 11 is 0. The Kier molecular flexibility index (Phi) is 6.99. The number of hydrogen-bond acceptors (Lipinski definition) is 8. The molecule has 0 saturated carbocycles. The Balaban J connectivity index is 2.05. The minimum atomic E-state index is -4.64. The molecule has 0 bridgehead atoms. The summed E-state index contributed by atoms with van der Waals surface area (Å²) in [6.07, 6.45) is 2.08. The first-order valence-corrected chi connectivity index (χ1v) is 9.80. The molecule has 11 heteroatoms. The van der Waals surface area contributed by atoms with E-state index in [0.717, 1.165) is 23.5 Å². The largest absolute Gasteiger partial charge is 0.726 e. The molecule has 0 aliphatic rings. The van der Waals surface area contributed by atoms with E-state index in [2.05, 4.69) is 24.4 Å². The van der Waals surface area contributed by atoms with Crippen molar-refractivity contribution < 1.29 is 21.8 Å². The van der Waals surface area contributed by atoms with Crippen molar-refractivity contribution in [2.45, 2.75) is 20.3 Å². The van der Waals surface area contributed by atoms with E-state index in [1.54, 1.807) is 22.6 Å². The Bertz CT molecular complexity index is 890. The molecule has 27 heavy (non-hydrogen) atoms. The third-order valence-corrected chi connectivity index (χ3v) is 4.43. The number of aromatic nitrogens is 3. The van der Waals surface area contributed by atoms with Gasteiger partial charge in [-0.1, -0.05) is 10.2 Å². The lowest BCUT2D eigenvalue weighted by molar-refractivity contribution is -0.716. The third kappa shape index (κ3) is 6.08. The number of aryl methyl sites for hydroxylation is 3. The molecular weight excluding hydrogens is 372 g/mol. The van der Waals surface area contributed by atoms with Crippen LogP contribution in [0.15, 0.2) is 34.8 Å². The highest BCUT2D eigenvalue weighted by molar-refractivity contribution is 7.80. The molecule has 0 spiro atoms. The first-order chi connectivity index (χ1) is 12.7. The van der Waals surface area contributed by atoms with Gasteiger partial charge < -0.3 is 9.45 Å². The van der Waals surface area contributed by atoms with Crippen LogP contribution >= 0.6 is 0 Å². The summed E-state index contributed by atoms with van der Waals surface area (Å²) in [5.74, 6) is 0.627. The molecule has 0 aliphatic heterocycles. The normalized spacial score (nSPS) is 12.0. The Labute approximate surface area is 159 Å². The maximum atomic E-state index is 10.5. The van der Waals surface area contributed by atoms with Gasteiger partial charge in [0.15, 0.2) is 6.33 Å². The van der Waals surface area contributed by atoms with Gasteiger partial charge in [-0.25, -0.2) is 13.0 Å². The molecule has 1 aromatic carbocycles. The number of nitrogens with zero attached hydrogens (tertiary/aromatic N) is 6. The standard InChI is InChI=1S/C16H24N6O4S/c1-5-22(9-6-10-26-27(23,24)25)14-7-8-15(13(2)11-14)18-19-16-20(3)12-17-21(16)4/h7-8,11-12H,5-6,9-10H2,1-4H3. The minimum absolute atomic E-state index is 0.130. The van der Waals surface area contributed by atoms with Crippen molar-refractivity contribution in [3.63, 3.8) is 0 Å². The Morgan fingerprint density at radius 1 is 1.37 bits per heavy atom. The van der Waals surface area contributed by atoms with Crippen molar-refractivity contribution >= 4 is 27.7 Å². The summed E-state index contributed by atoms with van der Waals surface area (Å²) < 4.78 is 39.1. The van der Waals surface area contributed by atoms with Gasteiger partial charge >= 0.3 is 5.95 Å². The van der Waals surface area contributed by atoms with E-state index < -0.39 is 10.4 Å². The molecule has 0 atom stereocenters. The number of rotatable bonds is 9. The molecule has 0 amide bonds. The van der Waals surface area contributed by atoms with Crippen LogP contribution in [-0.4, -0.2) is 42.3 Å². The zero-order valence-corrected chi connectivity index (χ0v) is 16.7. The zero-order chi connectivity index (χ0) is 20.0. The predicted octanol–water partition coefficient (Wildman–Crippen LogP) is 1.66. The fraction of sp³-hybridized carbons (Fsp3) is 0.500. The molecule has 2 aromatic rings. The van der Waals surface area contributed by atoms with Gasteiger partial charge in [-0.05, 0) is 44.0 Å². The summed E-state index contributed by atoms with van der Waals surface area (Å²) in [6, 6.07) is 5.80. The first-order valence-electron chi connectivity index (χ1n) is 8.46. The van der Waals surface area contributed by atoms with E-state index in [0.29, 0.717) is 18.9 Å². The Morgan fingerprint density at radius 2 is 2.11 bits per heavy atom. The van der Waals surface area contributed by atoms with Gasteiger partial charge in [-0.15, -0.1) is 4.68 Å². The van der Waals surface area contributed by atoms with Gasteiger partial charge in [0.2, 0.25) is 10.4 Å². The van der Waals surface area contributed by atoms with E-state index in [9.17, 15) is 13.0 Å². The van der Waals surface area contributed by atoms with Crippen LogP contribution in [0.5, 0.6) is 0 Å². The van der Waals surface area contributed by atoms with E-state index >= 15 is 0 Å². The van der Waals surface area contributed by atoms with Gasteiger partial charge in [0, 0.05) is 23.9 Å². The van der Waals surface area contributed by atoms with Crippen molar-refractivity contribution in [2.75, 3.05) is 24.6 Å². The summed E-state index contributed by atoms with van der Waals surface area (Å²) in [6.45, 7) is 5.11. The zero-order valence-electron chi connectivity index (χ0n) is 15.9. The molecule has 0 N–H and O–H groups in total. The Morgan fingerprint density at radius 3 is 2.67 bits per heavy atom. The second-order valence-electron chi connectivity index (χ2n) is 6.00. The van der Waals surface area contributed by atoms with Crippen molar-refractivity contribution in [3.05, 3.63) is 30.1 Å². The van der Waals surface area contributed by atoms with Crippen molar-refractivity contribution in [2.24, 2.45) is 24.3 Å². The van der Waals surface area contributed by atoms with Gasteiger partial charge in [0.25, 0.3) is 0 Å². The molecule has 0 fully saturated rings. The van der Waals surface area contributed by atoms with Crippen LogP contribution in [0.1, 0.15) is 18.9 Å². The number of anilines is 1. The Hall–Kier alpha value is -2.37. The van der Waals surface area contributed by atoms with E-state index in [1.165, 1.54) is 0 Å². The lowest BCUT2D eigenvalue weighted by Crippen LogP contribution is -2.29. The monoisotopic (exact) mass is 396 g/mol. The van der Waals surface area contributed by atoms with Crippen LogP contribution < -0.4 is 9.58 Å². The second kappa shape index (κ2) is 9.02. The minimum Gasteiger partial charge on any atom is -0.726 e. The molecule has 10 nitrogen and oxygen atoms in total. The topological polar surface area (TPSA) is 116 Å².